The van der Waals surface area contributed by atoms with Gasteiger partial charge in [0.05, 0.1) is 32.1 Å². The van der Waals surface area contributed by atoms with E-state index in [0.717, 1.165) is 11.3 Å². The maximum atomic E-state index is 13.2. The van der Waals surface area contributed by atoms with Crippen LogP contribution < -0.4 is 0 Å². The summed E-state index contributed by atoms with van der Waals surface area (Å²) in [6, 6.07) is 1.64. The van der Waals surface area contributed by atoms with Crippen LogP contribution in [0, 0.1) is 13.8 Å². The molecule has 3 aromatic heterocycles. The van der Waals surface area contributed by atoms with Gasteiger partial charge in [0.1, 0.15) is 6.61 Å². The molecule has 0 spiro atoms. The highest BCUT2D eigenvalue weighted by molar-refractivity contribution is 7.11. The lowest BCUT2D eigenvalue weighted by Gasteiger charge is -2.20. The summed E-state index contributed by atoms with van der Waals surface area (Å²) in [7, 11) is 0. The van der Waals surface area contributed by atoms with Crippen molar-refractivity contribution in [1.29, 1.82) is 0 Å². The number of hydrogen-bond acceptors (Lipinski definition) is 6. The highest BCUT2D eigenvalue weighted by Crippen LogP contribution is 2.35. The first-order valence-electron chi connectivity index (χ1n) is 9.81. The van der Waals surface area contributed by atoms with E-state index in [0.29, 0.717) is 22.4 Å². The van der Waals surface area contributed by atoms with Crippen LogP contribution in [-0.4, -0.2) is 25.7 Å². The van der Waals surface area contributed by atoms with Crippen LogP contribution in [0.1, 0.15) is 77.9 Å². The second-order valence-corrected chi connectivity index (χ2v) is 9.98. The maximum Gasteiger partial charge on any atom is 0.434 e. The van der Waals surface area contributed by atoms with E-state index < -0.39 is 24.4 Å². The van der Waals surface area contributed by atoms with Crippen molar-refractivity contribution < 1.29 is 22.7 Å². The first kappa shape index (κ1) is 23.2. The summed E-state index contributed by atoms with van der Waals surface area (Å²) >= 11 is 0.864. The Kier molecular flexibility index (Phi) is 5.90. The zero-order valence-corrected chi connectivity index (χ0v) is 19.3. The number of aryl methyl sites for hydroxylation is 2. The van der Waals surface area contributed by atoms with Crippen molar-refractivity contribution in [3.05, 3.63) is 38.6 Å². The van der Waals surface area contributed by atoms with Crippen LogP contribution >= 0.6 is 11.3 Å². The normalized spacial score (nSPS) is 12.7. The number of carbonyl (C=O) groups is 1. The molecule has 3 rings (SSSR count). The standard InChI is InChI=1S/C21H25F3N4O2S/c1-10(2)14-8-13(16-11(3)27-28(18(16)26-14)20(5,6)7)19(29)30-9-15-17(21(22,23)24)25-12(4)31-15/h8,10H,9H2,1-7H3. The maximum absolute atomic E-state index is 13.2. The van der Waals surface area contributed by atoms with Gasteiger partial charge < -0.3 is 4.74 Å². The van der Waals surface area contributed by atoms with Gasteiger partial charge in [-0.25, -0.2) is 19.4 Å². The number of pyridine rings is 1. The van der Waals surface area contributed by atoms with Gasteiger partial charge in [0, 0.05) is 5.69 Å². The van der Waals surface area contributed by atoms with E-state index in [9.17, 15) is 18.0 Å². The molecule has 0 bridgehead atoms. The minimum absolute atomic E-state index is 0.0283. The number of fused-ring (bicyclic) bond motifs is 1. The molecule has 0 fully saturated rings. The fourth-order valence-electron chi connectivity index (χ4n) is 3.23. The van der Waals surface area contributed by atoms with Crippen LogP contribution in [0.3, 0.4) is 0 Å². The van der Waals surface area contributed by atoms with Crippen molar-refractivity contribution in [3.63, 3.8) is 0 Å². The Bertz CT molecular complexity index is 1140. The molecule has 31 heavy (non-hydrogen) atoms. The van der Waals surface area contributed by atoms with Gasteiger partial charge in [0.15, 0.2) is 11.3 Å². The number of esters is 1. The Morgan fingerprint density at radius 3 is 2.39 bits per heavy atom. The first-order valence-corrected chi connectivity index (χ1v) is 10.6. The van der Waals surface area contributed by atoms with E-state index in [4.69, 9.17) is 9.72 Å². The Hall–Kier alpha value is -2.49. The topological polar surface area (TPSA) is 69.9 Å². The minimum Gasteiger partial charge on any atom is -0.456 e. The molecule has 0 aromatic carbocycles. The number of ether oxygens (including phenoxy) is 1. The zero-order valence-electron chi connectivity index (χ0n) is 18.5. The summed E-state index contributed by atoms with van der Waals surface area (Å²) in [6.45, 7) is 12.6. The van der Waals surface area contributed by atoms with Crippen molar-refractivity contribution in [3.8, 4) is 0 Å². The average Bonchev–Trinajstić information content (AvgIpc) is 3.18. The molecule has 168 valence electrons. The van der Waals surface area contributed by atoms with E-state index >= 15 is 0 Å². The number of alkyl halides is 3. The summed E-state index contributed by atoms with van der Waals surface area (Å²) < 4.78 is 46.7. The minimum atomic E-state index is -4.61. The molecular formula is C21H25F3N4O2S. The lowest BCUT2D eigenvalue weighted by Crippen LogP contribution is -2.23. The molecular weight excluding hydrogens is 429 g/mol. The van der Waals surface area contributed by atoms with Crippen LogP contribution in [0.4, 0.5) is 13.2 Å². The first-order chi connectivity index (χ1) is 14.2. The van der Waals surface area contributed by atoms with Crippen LogP contribution in [0.15, 0.2) is 6.07 Å². The van der Waals surface area contributed by atoms with Crippen molar-refractivity contribution in [2.24, 2.45) is 0 Å². The molecule has 0 aliphatic heterocycles. The smallest absolute Gasteiger partial charge is 0.434 e. The van der Waals surface area contributed by atoms with Gasteiger partial charge in [0.25, 0.3) is 0 Å². The Morgan fingerprint density at radius 2 is 1.84 bits per heavy atom. The number of hydrogen-bond donors (Lipinski definition) is 0. The molecule has 0 unspecified atom stereocenters. The Morgan fingerprint density at radius 1 is 1.19 bits per heavy atom. The predicted octanol–water partition coefficient (Wildman–Crippen LogP) is 5.76. The van der Waals surface area contributed by atoms with Gasteiger partial charge in [-0.2, -0.15) is 18.3 Å². The third-order valence-electron chi connectivity index (χ3n) is 4.69. The summed E-state index contributed by atoms with van der Waals surface area (Å²) in [6.07, 6.45) is -4.61. The summed E-state index contributed by atoms with van der Waals surface area (Å²) in [5.74, 6) is -0.689. The van der Waals surface area contributed by atoms with E-state index in [1.54, 1.807) is 17.7 Å². The third-order valence-corrected chi connectivity index (χ3v) is 5.63. The van der Waals surface area contributed by atoms with E-state index in [-0.39, 0.29) is 26.9 Å². The molecule has 0 saturated heterocycles. The fourth-order valence-corrected chi connectivity index (χ4v) is 4.10. The predicted molar refractivity (Wildman–Crippen MR) is 112 cm³/mol. The van der Waals surface area contributed by atoms with Gasteiger partial charge in [-0.1, -0.05) is 13.8 Å². The van der Waals surface area contributed by atoms with Crippen molar-refractivity contribution >= 4 is 28.3 Å². The van der Waals surface area contributed by atoms with Crippen molar-refractivity contribution in [2.45, 2.75) is 72.7 Å². The highest BCUT2D eigenvalue weighted by Gasteiger charge is 2.37. The summed E-state index contributed by atoms with van der Waals surface area (Å²) in [4.78, 5) is 21.1. The van der Waals surface area contributed by atoms with E-state index in [2.05, 4.69) is 10.1 Å². The largest absolute Gasteiger partial charge is 0.456 e. The monoisotopic (exact) mass is 454 g/mol. The molecule has 0 aliphatic rings. The molecule has 0 radical (unpaired) electrons. The number of thiazole rings is 1. The molecule has 0 amide bonds. The number of rotatable bonds is 4. The second-order valence-electron chi connectivity index (χ2n) is 8.69. The molecule has 3 heterocycles. The van der Waals surface area contributed by atoms with Crippen molar-refractivity contribution in [1.82, 2.24) is 19.7 Å². The number of halogens is 3. The summed E-state index contributed by atoms with van der Waals surface area (Å²) in [5.41, 5.74) is 0.684. The molecule has 3 aromatic rings. The molecule has 0 saturated carbocycles. The number of aromatic nitrogens is 4. The third kappa shape index (κ3) is 4.58. The molecule has 6 nitrogen and oxygen atoms in total. The fraction of sp³-hybridized carbons (Fsp3) is 0.524. The number of nitrogens with zero attached hydrogens (tertiary/aromatic N) is 4. The molecule has 10 heteroatoms. The highest BCUT2D eigenvalue weighted by atomic mass is 32.1. The van der Waals surface area contributed by atoms with Gasteiger partial charge in [-0.15, -0.1) is 11.3 Å². The van der Waals surface area contributed by atoms with E-state index in [1.807, 2.05) is 34.6 Å². The van der Waals surface area contributed by atoms with E-state index in [1.165, 1.54) is 6.92 Å². The Labute approximate surface area is 182 Å². The van der Waals surface area contributed by atoms with Gasteiger partial charge in [-0.05, 0) is 46.6 Å². The average molecular weight is 455 g/mol. The number of carbonyl (C=O) groups excluding carboxylic acids is 1. The van der Waals surface area contributed by atoms with Crippen LogP contribution in [0.25, 0.3) is 11.0 Å². The molecule has 0 N–H and O–H groups in total. The Balaban J connectivity index is 2.04. The molecule has 0 atom stereocenters. The van der Waals surface area contributed by atoms with Gasteiger partial charge in [-0.3, -0.25) is 0 Å². The van der Waals surface area contributed by atoms with Gasteiger partial charge >= 0.3 is 12.1 Å². The lowest BCUT2D eigenvalue weighted by molar-refractivity contribution is -0.141. The zero-order chi connectivity index (χ0) is 23.3. The van der Waals surface area contributed by atoms with Crippen LogP contribution in [0.2, 0.25) is 0 Å². The summed E-state index contributed by atoms with van der Waals surface area (Å²) in [5, 5.41) is 5.36. The molecule has 0 aliphatic carbocycles. The van der Waals surface area contributed by atoms with Crippen LogP contribution in [-0.2, 0) is 23.1 Å². The lowest BCUT2D eigenvalue weighted by atomic mass is 10.0. The quantitative estimate of drug-likeness (QED) is 0.469. The van der Waals surface area contributed by atoms with Crippen LogP contribution in [0.5, 0.6) is 0 Å². The SMILES string of the molecule is Cc1nc(C(F)(F)F)c(COC(=O)c2cc(C(C)C)nc3c2c(C)nn3C(C)(C)C)s1. The van der Waals surface area contributed by atoms with Crippen molar-refractivity contribution in [2.75, 3.05) is 0 Å². The van der Waals surface area contributed by atoms with Gasteiger partial charge in [0.2, 0.25) is 0 Å². The second kappa shape index (κ2) is 7.89.